The Morgan fingerprint density at radius 3 is 2.75 bits per heavy atom. The molecule has 82 valence electrons. The van der Waals surface area contributed by atoms with Crippen LogP contribution in [0.4, 0.5) is 0 Å². The van der Waals surface area contributed by atoms with E-state index in [0.717, 1.165) is 0 Å². The molecule has 1 N–H and O–H groups in total. The number of ether oxygens (including phenoxy) is 1. The second kappa shape index (κ2) is 3.69. The fourth-order valence-electron chi connectivity index (χ4n) is 1.56. The number of fused-ring (bicyclic) bond motifs is 1. The van der Waals surface area contributed by atoms with Crippen LogP contribution < -0.4 is 5.56 Å². The Bertz CT molecular complexity index is 615. The van der Waals surface area contributed by atoms with Crippen molar-refractivity contribution in [2.45, 2.75) is 0 Å². The summed E-state index contributed by atoms with van der Waals surface area (Å²) in [5.41, 5.74) is -0.950. The summed E-state index contributed by atoms with van der Waals surface area (Å²) in [5.74, 6) is -0.760. The van der Waals surface area contributed by atoms with Crippen LogP contribution in [0, 0.1) is 0 Å². The Kier molecular flexibility index (Phi) is 2.36. The summed E-state index contributed by atoms with van der Waals surface area (Å²) in [6, 6.07) is 6.76. The van der Waals surface area contributed by atoms with Crippen LogP contribution in [0.15, 0.2) is 35.3 Å². The molecule has 1 aromatic carbocycles. The van der Waals surface area contributed by atoms with Gasteiger partial charge < -0.3 is 9.94 Å². The Balaban J connectivity index is 2.93. The summed E-state index contributed by atoms with van der Waals surface area (Å²) in [6.45, 7) is 0. The lowest BCUT2D eigenvalue weighted by Crippen LogP contribution is -2.25. The second-order valence-corrected chi connectivity index (χ2v) is 3.23. The van der Waals surface area contributed by atoms with Crippen molar-refractivity contribution in [3.05, 3.63) is 46.4 Å². The number of hydrogen-bond acceptors (Lipinski definition) is 4. The number of carbonyl (C=O) groups is 1. The minimum absolute atomic E-state index is 0.164. The molecule has 0 amide bonds. The van der Waals surface area contributed by atoms with Crippen molar-refractivity contribution in [3.8, 4) is 0 Å². The first-order valence-corrected chi connectivity index (χ1v) is 4.57. The molecule has 0 aliphatic heterocycles. The van der Waals surface area contributed by atoms with Crippen LogP contribution >= 0.6 is 0 Å². The average molecular weight is 219 g/mol. The van der Waals surface area contributed by atoms with Gasteiger partial charge in [-0.3, -0.25) is 4.79 Å². The highest BCUT2D eigenvalue weighted by Gasteiger charge is 2.17. The molecule has 0 spiro atoms. The van der Waals surface area contributed by atoms with E-state index in [1.165, 1.54) is 13.3 Å². The molecule has 0 saturated heterocycles. The topological polar surface area (TPSA) is 68.5 Å². The highest BCUT2D eigenvalue weighted by atomic mass is 16.5. The Labute approximate surface area is 90.5 Å². The van der Waals surface area contributed by atoms with E-state index in [1.54, 1.807) is 24.3 Å². The number of rotatable bonds is 1. The zero-order valence-electron chi connectivity index (χ0n) is 8.51. The van der Waals surface area contributed by atoms with Crippen LogP contribution in [0.5, 0.6) is 0 Å². The third kappa shape index (κ3) is 1.42. The quantitative estimate of drug-likeness (QED) is 0.574. The third-order valence-corrected chi connectivity index (χ3v) is 2.30. The third-order valence-electron chi connectivity index (χ3n) is 2.30. The predicted octanol–water partition coefficient (Wildman–Crippen LogP) is 1.03. The van der Waals surface area contributed by atoms with Crippen LogP contribution in [0.25, 0.3) is 10.8 Å². The number of esters is 1. The minimum Gasteiger partial charge on any atom is -0.465 e. The van der Waals surface area contributed by atoms with Crippen molar-refractivity contribution in [2.24, 2.45) is 0 Å². The SMILES string of the molecule is COC(=O)c1c(=O)n(O)cc2ccccc12. The first kappa shape index (κ1) is 10.2. The van der Waals surface area contributed by atoms with Gasteiger partial charge in [-0.05, 0) is 0 Å². The van der Waals surface area contributed by atoms with Gasteiger partial charge in [0.1, 0.15) is 5.56 Å². The van der Waals surface area contributed by atoms with Crippen molar-refractivity contribution in [1.29, 1.82) is 0 Å². The fourth-order valence-corrected chi connectivity index (χ4v) is 1.56. The molecule has 0 radical (unpaired) electrons. The first-order chi connectivity index (χ1) is 7.65. The first-order valence-electron chi connectivity index (χ1n) is 4.57. The van der Waals surface area contributed by atoms with E-state index >= 15 is 0 Å². The van der Waals surface area contributed by atoms with E-state index in [1.807, 2.05) is 0 Å². The number of pyridine rings is 1. The van der Waals surface area contributed by atoms with E-state index in [4.69, 9.17) is 0 Å². The zero-order chi connectivity index (χ0) is 11.7. The lowest BCUT2D eigenvalue weighted by atomic mass is 10.1. The van der Waals surface area contributed by atoms with Crippen molar-refractivity contribution < 1.29 is 14.7 Å². The van der Waals surface area contributed by atoms with Crippen molar-refractivity contribution >= 4 is 16.7 Å². The highest BCUT2D eigenvalue weighted by Crippen LogP contribution is 2.15. The molecule has 2 aromatic rings. The van der Waals surface area contributed by atoms with E-state index in [-0.39, 0.29) is 5.56 Å². The lowest BCUT2D eigenvalue weighted by molar-refractivity contribution is 0.0595. The molecule has 0 atom stereocenters. The zero-order valence-corrected chi connectivity index (χ0v) is 8.51. The number of aromatic nitrogens is 1. The Morgan fingerprint density at radius 2 is 2.06 bits per heavy atom. The number of benzene rings is 1. The number of methoxy groups -OCH3 is 1. The number of nitrogens with zero attached hydrogens (tertiary/aromatic N) is 1. The molecule has 1 aromatic heterocycles. The van der Waals surface area contributed by atoms with Crippen molar-refractivity contribution in [3.63, 3.8) is 0 Å². The minimum atomic E-state index is -0.787. The summed E-state index contributed by atoms with van der Waals surface area (Å²) in [4.78, 5) is 23.0. The summed E-state index contributed by atoms with van der Waals surface area (Å²) in [5, 5.41) is 10.4. The van der Waals surface area contributed by atoms with Gasteiger partial charge in [0.25, 0.3) is 5.56 Å². The smallest absolute Gasteiger partial charge is 0.344 e. The van der Waals surface area contributed by atoms with E-state index in [2.05, 4.69) is 4.74 Å². The molecule has 5 nitrogen and oxygen atoms in total. The summed E-state index contributed by atoms with van der Waals surface area (Å²) in [6.07, 6.45) is 1.25. The molecule has 0 unspecified atom stereocenters. The molecule has 0 aliphatic carbocycles. The molecule has 0 saturated carbocycles. The van der Waals surface area contributed by atoms with Gasteiger partial charge in [-0.25, -0.2) is 4.79 Å². The lowest BCUT2D eigenvalue weighted by Gasteiger charge is -2.05. The number of hydrogen-bond donors (Lipinski definition) is 1. The van der Waals surface area contributed by atoms with Crippen LogP contribution in [0.1, 0.15) is 10.4 Å². The van der Waals surface area contributed by atoms with Gasteiger partial charge >= 0.3 is 5.97 Å². The van der Waals surface area contributed by atoms with Gasteiger partial charge in [-0.1, -0.05) is 24.3 Å². The fraction of sp³-hybridized carbons (Fsp3) is 0.0909. The van der Waals surface area contributed by atoms with Crippen LogP contribution in [0.2, 0.25) is 0 Å². The van der Waals surface area contributed by atoms with E-state index in [9.17, 15) is 14.8 Å². The van der Waals surface area contributed by atoms with Gasteiger partial charge in [0.2, 0.25) is 0 Å². The normalized spacial score (nSPS) is 10.3. The molecule has 0 fully saturated rings. The monoisotopic (exact) mass is 219 g/mol. The molecular weight excluding hydrogens is 210 g/mol. The molecule has 16 heavy (non-hydrogen) atoms. The van der Waals surface area contributed by atoms with Gasteiger partial charge in [0.05, 0.1) is 13.3 Å². The van der Waals surface area contributed by atoms with Crippen LogP contribution in [0.3, 0.4) is 0 Å². The van der Waals surface area contributed by atoms with E-state index in [0.29, 0.717) is 15.5 Å². The van der Waals surface area contributed by atoms with Crippen LogP contribution in [-0.2, 0) is 4.74 Å². The van der Waals surface area contributed by atoms with Gasteiger partial charge in [-0.15, -0.1) is 0 Å². The standard InChI is InChI=1S/C11H9NO4/c1-16-11(14)9-8-5-3-2-4-7(8)6-12(15)10(9)13/h2-6,15H,1H3. The second-order valence-electron chi connectivity index (χ2n) is 3.23. The molecule has 0 aliphatic rings. The summed E-state index contributed by atoms with van der Waals surface area (Å²) < 4.78 is 4.90. The largest absolute Gasteiger partial charge is 0.465 e. The maximum absolute atomic E-state index is 11.6. The Morgan fingerprint density at radius 1 is 1.38 bits per heavy atom. The maximum Gasteiger partial charge on any atom is 0.344 e. The average Bonchev–Trinajstić information content (AvgIpc) is 2.30. The Hall–Kier alpha value is -2.30. The van der Waals surface area contributed by atoms with E-state index < -0.39 is 11.5 Å². The van der Waals surface area contributed by atoms with Crippen LogP contribution in [-0.4, -0.2) is 23.0 Å². The molecule has 1 heterocycles. The summed E-state index contributed by atoms with van der Waals surface area (Å²) >= 11 is 0. The predicted molar refractivity (Wildman–Crippen MR) is 56.7 cm³/mol. The van der Waals surface area contributed by atoms with Crippen molar-refractivity contribution in [1.82, 2.24) is 4.73 Å². The molecule has 0 bridgehead atoms. The van der Waals surface area contributed by atoms with Gasteiger partial charge in [0, 0.05) is 10.8 Å². The number of carbonyl (C=O) groups excluding carboxylic acids is 1. The molecule has 2 rings (SSSR count). The van der Waals surface area contributed by atoms with Gasteiger partial charge in [-0.2, -0.15) is 4.73 Å². The summed E-state index contributed by atoms with van der Waals surface area (Å²) in [7, 11) is 1.19. The maximum atomic E-state index is 11.6. The van der Waals surface area contributed by atoms with Crippen molar-refractivity contribution in [2.75, 3.05) is 7.11 Å². The molecule has 5 heteroatoms. The highest BCUT2D eigenvalue weighted by molar-refractivity contribution is 6.03. The molecular formula is C11H9NO4. The van der Waals surface area contributed by atoms with Gasteiger partial charge in [0.15, 0.2) is 0 Å².